The number of hydrogen-bond acceptors (Lipinski definition) is 8. The standard InChI is InChI=1S/C25H23ClN4O5/c1-4-33-19-10-16(18(26)11-20(19)34-13-21(31)32-3)23-17(12-27)24(28)35-25-22(23)14(2)29-30(25)15-8-6-5-7-9-15/h5-11,23H,4,13,28H2,1-3H3/t23-/m1/s1. The van der Waals surface area contributed by atoms with Crippen molar-refractivity contribution in [2.75, 3.05) is 20.3 Å². The average Bonchev–Trinajstić information content (AvgIpc) is 3.19. The number of ether oxygens (including phenoxy) is 4. The number of allylic oxidation sites excluding steroid dienone is 1. The van der Waals surface area contributed by atoms with Gasteiger partial charge in [0.1, 0.15) is 11.6 Å². The topological polar surface area (TPSA) is 122 Å². The number of fused-ring (bicyclic) bond motifs is 1. The molecule has 4 rings (SSSR count). The fourth-order valence-corrected chi connectivity index (χ4v) is 4.18. The lowest BCUT2D eigenvalue weighted by Gasteiger charge is -2.26. The predicted molar refractivity (Wildman–Crippen MR) is 128 cm³/mol. The molecule has 10 heteroatoms. The van der Waals surface area contributed by atoms with E-state index in [-0.39, 0.29) is 23.8 Å². The van der Waals surface area contributed by atoms with Gasteiger partial charge >= 0.3 is 5.97 Å². The van der Waals surface area contributed by atoms with Crippen molar-refractivity contribution in [1.82, 2.24) is 9.78 Å². The van der Waals surface area contributed by atoms with E-state index in [9.17, 15) is 10.1 Å². The number of hydrogen-bond donors (Lipinski definition) is 1. The number of carbonyl (C=O) groups is 1. The van der Waals surface area contributed by atoms with Gasteiger partial charge in [0.05, 0.1) is 36.6 Å². The van der Waals surface area contributed by atoms with E-state index in [0.29, 0.717) is 40.1 Å². The van der Waals surface area contributed by atoms with Gasteiger partial charge in [-0.15, -0.1) is 0 Å². The second-order valence-corrected chi connectivity index (χ2v) is 8.00. The van der Waals surface area contributed by atoms with Crippen LogP contribution in [-0.2, 0) is 9.53 Å². The highest BCUT2D eigenvalue weighted by atomic mass is 35.5. The monoisotopic (exact) mass is 494 g/mol. The second kappa shape index (κ2) is 9.99. The minimum Gasteiger partial charge on any atom is -0.490 e. The lowest BCUT2D eigenvalue weighted by atomic mass is 9.84. The maximum Gasteiger partial charge on any atom is 0.343 e. The molecule has 1 aromatic heterocycles. The Morgan fingerprint density at radius 1 is 1.26 bits per heavy atom. The third kappa shape index (κ3) is 4.48. The van der Waals surface area contributed by atoms with Crippen molar-refractivity contribution in [3.05, 3.63) is 75.8 Å². The largest absolute Gasteiger partial charge is 0.490 e. The Labute approximate surface area is 207 Å². The van der Waals surface area contributed by atoms with Crippen molar-refractivity contribution >= 4 is 17.6 Å². The van der Waals surface area contributed by atoms with Gasteiger partial charge in [0.25, 0.3) is 0 Å². The van der Waals surface area contributed by atoms with Crippen LogP contribution in [0.25, 0.3) is 5.69 Å². The number of methoxy groups -OCH3 is 1. The summed E-state index contributed by atoms with van der Waals surface area (Å²) in [5, 5.41) is 14.9. The summed E-state index contributed by atoms with van der Waals surface area (Å²) in [6, 6.07) is 14.8. The van der Waals surface area contributed by atoms with Gasteiger partial charge in [-0.1, -0.05) is 29.8 Å². The first kappa shape index (κ1) is 24.0. The van der Waals surface area contributed by atoms with Gasteiger partial charge in [-0.25, -0.2) is 9.48 Å². The number of nitrogens with two attached hydrogens (primary N) is 1. The number of nitrogens with zero attached hydrogens (tertiary/aromatic N) is 3. The van der Waals surface area contributed by atoms with E-state index in [2.05, 4.69) is 15.9 Å². The minimum atomic E-state index is -0.664. The Balaban J connectivity index is 1.88. The van der Waals surface area contributed by atoms with E-state index in [1.54, 1.807) is 16.8 Å². The second-order valence-electron chi connectivity index (χ2n) is 7.59. The van der Waals surface area contributed by atoms with E-state index in [0.717, 1.165) is 5.69 Å². The Morgan fingerprint density at radius 2 is 1.97 bits per heavy atom. The Hall–Kier alpha value is -4.16. The molecule has 0 saturated carbocycles. The SMILES string of the molecule is CCOc1cc([C@@H]2C(C#N)=C(N)Oc3c2c(C)nn3-c2ccccc2)c(Cl)cc1OCC(=O)OC. The van der Waals surface area contributed by atoms with Crippen LogP contribution in [0, 0.1) is 18.3 Å². The van der Waals surface area contributed by atoms with Crippen LogP contribution in [0.3, 0.4) is 0 Å². The summed E-state index contributed by atoms with van der Waals surface area (Å²) in [4.78, 5) is 11.6. The van der Waals surface area contributed by atoms with Crippen LogP contribution in [0.4, 0.5) is 0 Å². The molecule has 0 aliphatic carbocycles. The summed E-state index contributed by atoms with van der Waals surface area (Å²) in [7, 11) is 1.27. The number of aryl methyl sites for hydroxylation is 1. The zero-order valence-corrected chi connectivity index (χ0v) is 20.1. The Morgan fingerprint density at radius 3 is 2.63 bits per heavy atom. The number of rotatable bonds is 7. The molecule has 9 nitrogen and oxygen atoms in total. The summed E-state index contributed by atoms with van der Waals surface area (Å²) in [6.07, 6.45) is 0. The summed E-state index contributed by atoms with van der Waals surface area (Å²) in [6.45, 7) is 3.67. The molecule has 1 atom stereocenters. The Bertz CT molecular complexity index is 1340. The molecule has 1 aliphatic heterocycles. The fraction of sp³-hybridized carbons (Fsp3) is 0.240. The first-order valence-corrected chi connectivity index (χ1v) is 11.2. The normalized spacial score (nSPS) is 14.5. The molecule has 3 aromatic rings. The van der Waals surface area contributed by atoms with Crippen molar-refractivity contribution in [1.29, 1.82) is 5.26 Å². The third-order valence-electron chi connectivity index (χ3n) is 5.48. The molecular formula is C25H23ClN4O5. The first-order valence-electron chi connectivity index (χ1n) is 10.8. The van der Waals surface area contributed by atoms with Gasteiger partial charge in [-0.2, -0.15) is 10.4 Å². The summed E-state index contributed by atoms with van der Waals surface area (Å²) in [5.74, 6) is -0.230. The van der Waals surface area contributed by atoms with Gasteiger partial charge in [-0.05, 0) is 37.6 Å². The molecule has 1 aliphatic rings. The number of benzene rings is 2. The zero-order valence-electron chi connectivity index (χ0n) is 19.4. The molecule has 0 amide bonds. The molecule has 180 valence electrons. The van der Waals surface area contributed by atoms with E-state index >= 15 is 0 Å². The molecule has 0 spiro atoms. The molecule has 0 fully saturated rings. The van der Waals surface area contributed by atoms with Crippen molar-refractivity contribution in [3.8, 4) is 29.1 Å². The van der Waals surface area contributed by atoms with Crippen LogP contribution in [0.1, 0.15) is 29.7 Å². The highest BCUT2D eigenvalue weighted by molar-refractivity contribution is 6.31. The lowest BCUT2D eigenvalue weighted by Crippen LogP contribution is -2.22. The molecule has 2 heterocycles. The van der Waals surface area contributed by atoms with Crippen LogP contribution in [0.2, 0.25) is 5.02 Å². The molecule has 0 bridgehead atoms. The number of halogens is 1. The van der Waals surface area contributed by atoms with Crippen LogP contribution < -0.4 is 19.9 Å². The molecule has 0 radical (unpaired) electrons. The molecule has 2 N–H and O–H groups in total. The maximum atomic E-state index is 11.6. The van der Waals surface area contributed by atoms with Crippen LogP contribution in [0.15, 0.2) is 53.9 Å². The van der Waals surface area contributed by atoms with Crippen molar-refractivity contribution in [2.45, 2.75) is 19.8 Å². The smallest absolute Gasteiger partial charge is 0.343 e. The first-order chi connectivity index (χ1) is 16.9. The number of para-hydroxylation sites is 1. The van der Waals surface area contributed by atoms with Gasteiger partial charge in [0, 0.05) is 11.1 Å². The van der Waals surface area contributed by atoms with Gasteiger partial charge in [-0.3, -0.25) is 0 Å². The predicted octanol–water partition coefficient (Wildman–Crippen LogP) is 4.00. The van der Waals surface area contributed by atoms with Crippen molar-refractivity contribution < 1.29 is 23.7 Å². The molecule has 0 saturated heterocycles. The van der Waals surface area contributed by atoms with Crippen molar-refractivity contribution in [2.24, 2.45) is 5.73 Å². The van der Waals surface area contributed by atoms with E-state index < -0.39 is 11.9 Å². The number of carbonyl (C=O) groups excluding carboxylic acids is 1. The maximum absolute atomic E-state index is 11.6. The highest BCUT2D eigenvalue weighted by Crippen LogP contribution is 2.48. The quantitative estimate of drug-likeness (QED) is 0.489. The number of nitriles is 1. The molecule has 35 heavy (non-hydrogen) atoms. The lowest BCUT2D eigenvalue weighted by molar-refractivity contribution is -0.142. The van der Waals surface area contributed by atoms with E-state index in [1.807, 2.05) is 44.2 Å². The Kier molecular flexibility index (Phi) is 6.85. The molecule has 0 unspecified atom stereocenters. The molecular weight excluding hydrogens is 472 g/mol. The minimum absolute atomic E-state index is 0.0397. The van der Waals surface area contributed by atoms with Crippen molar-refractivity contribution in [3.63, 3.8) is 0 Å². The van der Waals surface area contributed by atoms with Gasteiger partial charge < -0.3 is 24.7 Å². The van der Waals surface area contributed by atoms with Gasteiger partial charge in [0.15, 0.2) is 18.1 Å². The molecule has 2 aromatic carbocycles. The van der Waals surface area contributed by atoms with Crippen LogP contribution >= 0.6 is 11.6 Å². The summed E-state index contributed by atoms with van der Waals surface area (Å²) >= 11 is 6.70. The fourth-order valence-electron chi connectivity index (χ4n) is 3.92. The highest BCUT2D eigenvalue weighted by Gasteiger charge is 2.37. The summed E-state index contributed by atoms with van der Waals surface area (Å²) < 4.78 is 23.5. The van der Waals surface area contributed by atoms with Gasteiger partial charge in [0.2, 0.25) is 11.8 Å². The van der Waals surface area contributed by atoms with E-state index in [4.69, 9.17) is 31.5 Å². The van der Waals surface area contributed by atoms with Crippen LogP contribution in [-0.4, -0.2) is 36.1 Å². The van der Waals surface area contributed by atoms with E-state index in [1.165, 1.54) is 7.11 Å². The number of esters is 1. The third-order valence-corrected chi connectivity index (χ3v) is 5.81. The number of aromatic nitrogens is 2. The summed E-state index contributed by atoms with van der Waals surface area (Å²) in [5.41, 5.74) is 9.04. The average molecular weight is 495 g/mol. The van der Waals surface area contributed by atoms with Crippen LogP contribution in [0.5, 0.6) is 17.4 Å². The zero-order chi connectivity index (χ0) is 25.1.